The predicted octanol–water partition coefficient (Wildman–Crippen LogP) is 5.66. The molecule has 0 bridgehead atoms. The van der Waals surface area contributed by atoms with Crippen LogP contribution in [0.4, 0.5) is 4.39 Å². The van der Waals surface area contributed by atoms with E-state index in [0.717, 1.165) is 5.39 Å². The van der Waals surface area contributed by atoms with Gasteiger partial charge in [0.1, 0.15) is 11.5 Å². The van der Waals surface area contributed by atoms with Gasteiger partial charge in [0.15, 0.2) is 18.2 Å². The second kappa shape index (κ2) is 9.08. The number of ether oxygens (including phenoxy) is 2. The lowest BCUT2D eigenvalue weighted by molar-refractivity contribution is 0.0914. The van der Waals surface area contributed by atoms with E-state index in [-0.39, 0.29) is 34.7 Å². The number of H-pyrrole nitrogens is 1. The van der Waals surface area contributed by atoms with Gasteiger partial charge in [-0.3, -0.25) is 14.6 Å². The van der Waals surface area contributed by atoms with Crippen LogP contribution in [0.5, 0.6) is 17.2 Å². The van der Waals surface area contributed by atoms with Crippen LogP contribution in [0.25, 0.3) is 21.7 Å². The number of carbonyl (C=O) groups excluding carboxylic acids is 2. The molecule has 3 N–H and O–H groups in total. The molecular weight excluding hydrogens is 473 g/mol. The zero-order valence-corrected chi connectivity index (χ0v) is 18.8. The lowest BCUT2D eigenvalue weighted by Crippen LogP contribution is -2.16. The number of ketones is 1. The normalized spacial score (nSPS) is 11.0. The first-order chi connectivity index (χ1) is 16.9. The van der Waals surface area contributed by atoms with E-state index in [1.807, 2.05) is 0 Å². The fourth-order valence-corrected chi connectivity index (χ4v) is 3.95. The Balaban J connectivity index is 1.40. The Labute approximate surface area is 203 Å². The molecule has 0 atom stereocenters. The molecule has 0 spiro atoms. The van der Waals surface area contributed by atoms with Gasteiger partial charge in [0.2, 0.25) is 5.78 Å². The Bertz CT molecular complexity index is 1600. The van der Waals surface area contributed by atoms with Crippen molar-refractivity contribution in [2.24, 2.45) is 5.73 Å². The lowest BCUT2D eigenvalue weighted by Gasteiger charge is -2.11. The van der Waals surface area contributed by atoms with E-state index in [4.69, 9.17) is 26.8 Å². The summed E-state index contributed by atoms with van der Waals surface area (Å²) in [5.74, 6) is -1.22. The number of hydrogen-bond donors (Lipinski definition) is 2. The highest BCUT2D eigenvalue weighted by Crippen LogP contribution is 2.32. The van der Waals surface area contributed by atoms with Gasteiger partial charge in [0, 0.05) is 28.4 Å². The van der Waals surface area contributed by atoms with Crippen molar-refractivity contribution in [3.63, 3.8) is 0 Å². The topological polar surface area (TPSA) is 107 Å². The monoisotopic (exact) mass is 489 g/mol. The number of hydrogen-bond acceptors (Lipinski definition) is 5. The fourth-order valence-electron chi connectivity index (χ4n) is 3.77. The maximum atomic E-state index is 15.0. The van der Waals surface area contributed by atoms with Crippen LogP contribution in [-0.4, -0.2) is 28.3 Å². The van der Waals surface area contributed by atoms with Gasteiger partial charge < -0.3 is 20.2 Å². The first-order valence-corrected chi connectivity index (χ1v) is 10.8. The number of nitrogens with two attached hydrogens (primary N) is 1. The minimum Gasteiger partial charge on any atom is -0.485 e. The molecule has 0 aliphatic heterocycles. The molecule has 9 heteroatoms. The van der Waals surface area contributed by atoms with Crippen molar-refractivity contribution < 1.29 is 23.5 Å². The number of carbonyl (C=O) groups is 2. The third kappa shape index (κ3) is 4.39. The van der Waals surface area contributed by atoms with Crippen molar-refractivity contribution in [1.82, 2.24) is 9.97 Å². The van der Waals surface area contributed by atoms with Crippen LogP contribution in [0.2, 0.25) is 5.02 Å². The number of amides is 1. The van der Waals surface area contributed by atoms with Gasteiger partial charge in [0.05, 0.1) is 17.3 Å². The van der Waals surface area contributed by atoms with Crippen LogP contribution in [0, 0.1) is 5.82 Å². The molecule has 0 fully saturated rings. The van der Waals surface area contributed by atoms with Gasteiger partial charge in [-0.05, 0) is 59.3 Å². The third-order valence-corrected chi connectivity index (χ3v) is 5.68. The number of rotatable bonds is 7. The number of nitrogens with one attached hydrogen (secondary N) is 1. The highest BCUT2D eigenvalue weighted by molar-refractivity contribution is 6.31. The van der Waals surface area contributed by atoms with Crippen LogP contribution in [0.3, 0.4) is 0 Å². The minimum absolute atomic E-state index is 0.00929. The van der Waals surface area contributed by atoms with E-state index >= 15 is 4.39 Å². The van der Waals surface area contributed by atoms with Gasteiger partial charge in [-0.2, -0.15) is 0 Å². The van der Waals surface area contributed by atoms with E-state index in [2.05, 4.69) is 9.97 Å². The van der Waals surface area contributed by atoms with Crippen molar-refractivity contribution in [1.29, 1.82) is 0 Å². The summed E-state index contributed by atoms with van der Waals surface area (Å²) in [4.78, 5) is 31.6. The van der Waals surface area contributed by atoms with Gasteiger partial charge in [-0.15, -0.1) is 0 Å². The molecule has 1 amide bonds. The van der Waals surface area contributed by atoms with Gasteiger partial charge in [-0.25, -0.2) is 4.39 Å². The molecule has 0 saturated heterocycles. The third-order valence-electron chi connectivity index (χ3n) is 5.45. The van der Waals surface area contributed by atoms with Crippen molar-refractivity contribution in [2.75, 3.05) is 6.61 Å². The van der Waals surface area contributed by atoms with Gasteiger partial charge in [0.25, 0.3) is 5.91 Å². The number of Topliss-reactive ketones (excluding diaryl/α,β-unsaturated/α-hetero) is 1. The number of aromatic nitrogens is 2. The average molecular weight is 490 g/mol. The number of benzene rings is 3. The molecular formula is C26H17ClFN3O4. The molecule has 0 radical (unpaired) electrons. The summed E-state index contributed by atoms with van der Waals surface area (Å²) in [5.41, 5.74) is 5.98. The highest BCUT2D eigenvalue weighted by Gasteiger charge is 2.19. The number of primary amides is 1. The van der Waals surface area contributed by atoms with E-state index in [0.29, 0.717) is 21.5 Å². The summed E-state index contributed by atoms with van der Waals surface area (Å²) >= 11 is 6.03. The Hall–Kier alpha value is -4.43. The number of halogens is 2. The SMILES string of the molecule is NC(=O)c1cc2cc(Cl)ccc2cc1OCC(=O)c1c[nH]c2c(F)c(Oc3cccnc3)ccc12. The van der Waals surface area contributed by atoms with Crippen LogP contribution < -0.4 is 15.2 Å². The van der Waals surface area contributed by atoms with Crippen LogP contribution >= 0.6 is 11.6 Å². The standard InChI is InChI=1S/C26H17ClFN3O4/c27-16-4-3-14-10-23(19(26(29)33)9-15(14)8-16)34-13-21(32)20-12-31-25-18(20)5-6-22(24(25)28)35-17-2-1-7-30-11-17/h1-12,31H,13H2,(H2,29,33). The highest BCUT2D eigenvalue weighted by atomic mass is 35.5. The predicted molar refractivity (Wildman–Crippen MR) is 130 cm³/mol. The fraction of sp³-hybridized carbons (Fsp3) is 0.0385. The molecule has 2 heterocycles. The zero-order valence-electron chi connectivity index (χ0n) is 18.0. The molecule has 2 aromatic heterocycles. The molecule has 0 unspecified atom stereocenters. The largest absolute Gasteiger partial charge is 0.485 e. The molecule has 7 nitrogen and oxygen atoms in total. The second-order valence-electron chi connectivity index (χ2n) is 7.71. The summed E-state index contributed by atoms with van der Waals surface area (Å²) in [7, 11) is 0. The summed E-state index contributed by atoms with van der Waals surface area (Å²) in [5, 5.41) is 2.36. The molecule has 0 aliphatic rings. The number of aromatic amines is 1. The summed E-state index contributed by atoms with van der Waals surface area (Å²) in [6.45, 7) is -0.387. The van der Waals surface area contributed by atoms with Crippen molar-refractivity contribution in [3.05, 3.63) is 95.2 Å². The number of fused-ring (bicyclic) bond motifs is 2. The molecule has 174 valence electrons. The van der Waals surface area contributed by atoms with E-state index in [1.165, 1.54) is 18.5 Å². The lowest BCUT2D eigenvalue weighted by atomic mass is 10.1. The number of pyridine rings is 1. The first kappa shape index (κ1) is 22.4. The van der Waals surface area contributed by atoms with E-state index in [9.17, 15) is 9.59 Å². The van der Waals surface area contributed by atoms with Crippen molar-refractivity contribution in [2.45, 2.75) is 0 Å². The minimum atomic E-state index is -0.704. The summed E-state index contributed by atoms with van der Waals surface area (Å²) < 4.78 is 26.3. The Kier molecular flexibility index (Phi) is 5.80. The van der Waals surface area contributed by atoms with Gasteiger partial charge in [-0.1, -0.05) is 17.7 Å². The molecule has 5 rings (SSSR count). The zero-order chi connectivity index (χ0) is 24.5. The van der Waals surface area contributed by atoms with Crippen LogP contribution in [0.1, 0.15) is 20.7 Å². The van der Waals surface area contributed by atoms with Crippen LogP contribution in [0.15, 0.2) is 73.2 Å². The smallest absolute Gasteiger partial charge is 0.252 e. The summed E-state index contributed by atoms with van der Waals surface area (Å²) in [6, 6.07) is 14.7. The first-order valence-electron chi connectivity index (χ1n) is 10.5. The van der Waals surface area contributed by atoms with E-state index in [1.54, 1.807) is 54.7 Å². The maximum absolute atomic E-state index is 15.0. The average Bonchev–Trinajstić information content (AvgIpc) is 3.29. The quantitative estimate of drug-likeness (QED) is 0.287. The Morgan fingerprint density at radius 3 is 2.66 bits per heavy atom. The number of nitrogens with zero attached hydrogens (tertiary/aromatic N) is 1. The molecule has 35 heavy (non-hydrogen) atoms. The second-order valence-corrected chi connectivity index (χ2v) is 8.15. The van der Waals surface area contributed by atoms with Crippen molar-refractivity contribution in [3.8, 4) is 17.2 Å². The summed E-state index contributed by atoms with van der Waals surface area (Å²) in [6.07, 6.45) is 4.45. The Morgan fingerprint density at radius 1 is 1.03 bits per heavy atom. The molecule has 3 aromatic carbocycles. The maximum Gasteiger partial charge on any atom is 0.252 e. The van der Waals surface area contributed by atoms with Crippen LogP contribution in [-0.2, 0) is 0 Å². The molecule has 0 aliphatic carbocycles. The Morgan fingerprint density at radius 2 is 1.89 bits per heavy atom. The van der Waals surface area contributed by atoms with Gasteiger partial charge >= 0.3 is 0 Å². The molecule has 5 aromatic rings. The van der Waals surface area contributed by atoms with Crippen molar-refractivity contribution >= 4 is 45.0 Å². The molecule has 0 saturated carbocycles. The van der Waals surface area contributed by atoms with E-state index < -0.39 is 17.5 Å².